The Morgan fingerprint density at radius 3 is 1.89 bits per heavy atom. The molecular weight excluding hydrogens is 1030 g/mol. The van der Waals surface area contributed by atoms with Gasteiger partial charge in [0, 0.05) is 16.5 Å². The molecule has 0 unspecified atom stereocenters. The second-order valence-electron chi connectivity index (χ2n) is 12.4. The number of nitrogens with one attached hydrogen (secondary N) is 3. The monoisotopic (exact) mass is 1060 g/mol. The van der Waals surface area contributed by atoms with Crippen LogP contribution in [-0.2, 0) is 64.9 Å². The van der Waals surface area contributed by atoms with Crippen molar-refractivity contribution in [2.45, 2.75) is 19.6 Å². The minimum absolute atomic E-state index is 0.0934. The van der Waals surface area contributed by atoms with Crippen molar-refractivity contribution in [2.75, 3.05) is 34.2 Å². The second kappa shape index (κ2) is 18.9. The highest BCUT2D eigenvalue weighted by Crippen LogP contribution is 2.47. The molecule has 1 heterocycles. The SMILES string of the molecule is N#CNc1nc(Cl)nc(Nc2ccc(S(=O)(=O)O)c(/N=N/c3c(NCS(=O)(=O)O)ccc4c(O)c(/N=N/c5ccc(S(=O)(=O)CCOS(=O)(=O)O)cc5S(=O)(=O)O)c(S(=O)(=O)O)cc34)c2)n1. The Morgan fingerprint density at radius 1 is 0.667 bits per heavy atom. The maximum absolute atomic E-state index is 12.8. The third-order valence-corrected chi connectivity index (χ3v) is 13.3. The molecule has 66 heavy (non-hydrogen) atoms. The van der Waals surface area contributed by atoms with Gasteiger partial charge >= 0.3 is 10.4 Å². The van der Waals surface area contributed by atoms with Crippen LogP contribution in [0.4, 0.5) is 46.0 Å². The van der Waals surface area contributed by atoms with Crippen molar-refractivity contribution in [1.82, 2.24) is 15.0 Å². The second-order valence-corrected chi connectivity index (χ2v) is 21.5. The molecule has 0 atom stereocenters. The van der Waals surface area contributed by atoms with E-state index in [1.165, 1.54) is 0 Å². The fourth-order valence-electron chi connectivity index (χ4n) is 5.20. The molecule has 5 aromatic rings. The number of hydrogen-bond acceptors (Lipinski definition) is 25. The minimum atomic E-state index is -5.57. The molecule has 1 aromatic heterocycles. The van der Waals surface area contributed by atoms with E-state index in [-0.39, 0.29) is 17.6 Å². The highest BCUT2D eigenvalue weighted by Gasteiger charge is 2.27. The van der Waals surface area contributed by atoms with Gasteiger partial charge < -0.3 is 15.7 Å². The van der Waals surface area contributed by atoms with E-state index < -0.39 is 149 Å². The number of phenols is 1. The topological polar surface area (TPSA) is 483 Å². The number of nitriles is 1. The summed E-state index contributed by atoms with van der Waals surface area (Å²) in [5.41, 5.74) is -4.01. The Labute approximate surface area is 376 Å². The Kier molecular flexibility index (Phi) is 14.6. The molecule has 0 aliphatic heterocycles. The number of halogens is 1. The zero-order valence-electron chi connectivity index (χ0n) is 31.7. The molecule has 0 amide bonds. The average Bonchev–Trinajstić information content (AvgIpc) is 3.16. The first-order chi connectivity index (χ1) is 30.4. The van der Waals surface area contributed by atoms with Crippen molar-refractivity contribution in [3.63, 3.8) is 0 Å². The number of azo groups is 2. The fourth-order valence-corrected chi connectivity index (χ4v) is 9.19. The van der Waals surface area contributed by atoms with Crippen LogP contribution < -0.4 is 16.0 Å². The number of nitrogens with zero attached hydrogens (tertiary/aromatic N) is 8. The number of aromatic nitrogens is 3. The molecule has 352 valence electrons. The lowest BCUT2D eigenvalue weighted by Gasteiger charge is -2.14. The number of hydrogen-bond donors (Lipinski definition) is 9. The Morgan fingerprint density at radius 2 is 1.29 bits per heavy atom. The molecule has 4 aromatic carbocycles. The predicted octanol–water partition coefficient (Wildman–Crippen LogP) is 3.44. The first-order valence-corrected chi connectivity index (χ1v) is 25.9. The highest BCUT2D eigenvalue weighted by molar-refractivity contribution is 7.91. The van der Waals surface area contributed by atoms with Crippen molar-refractivity contribution in [2.24, 2.45) is 20.5 Å². The van der Waals surface area contributed by atoms with E-state index in [4.69, 9.17) is 21.4 Å². The Bertz CT molecular complexity index is 3610. The standard InChI is InChI=1S/C29H24ClN11O19S6/c30-27-35-28(32-12-31)37-29(36-27)34-14-1-6-21(63(48,49)50)20(9-14)39-40-24-17-11-23(65(54,55)56)25(26(42)16(17)3-5-19(24)33-13-62(45,46)47)41-38-18-4-2-15(10-22(18)64(51,52)53)61(43,44)8-7-60-66(57,58)59/h1-6,9-11,33,42H,7-8,13H2,(H,45,46,47)(H,48,49,50)(H,51,52,53)(H,54,55,56)(H,57,58,59)(H2,32,34,35,36,37)/b40-39+,41-38+. The van der Waals surface area contributed by atoms with E-state index in [2.05, 4.69) is 55.5 Å². The molecule has 0 aliphatic carbocycles. The molecule has 0 fully saturated rings. The van der Waals surface area contributed by atoms with Crippen LogP contribution in [0, 0.1) is 11.5 Å². The van der Waals surface area contributed by atoms with Gasteiger partial charge in [-0.25, -0.2) is 12.6 Å². The van der Waals surface area contributed by atoms with Crippen LogP contribution in [0.3, 0.4) is 0 Å². The van der Waals surface area contributed by atoms with E-state index >= 15 is 0 Å². The van der Waals surface area contributed by atoms with Crippen LogP contribution >= 0.6 is 11.6 Å². The van der Waals surface area contributed by atoms with Gasteiger partial charge in [0.05, 0.1) is 22.9 Å². The zero-order chi connectivity index (χ0) is 49.2. The summed E-state index contributed by atoms with van der Waals surface area (Å²) in [6.07, 6.45) is 1.55. The van der Waals surface area contributed by atoms with Gasteiger partial charge in [0.25, 0.3) is 40.5 Å². The lowest BCUT2D eigenvalue weighted by atomic mass is 10.1. The van der Waals surface area contributed by atoms with Crippen LogP contribution in [0.25, 0.3) is 10.8 Å². The molecular formula is C29H24ClN11O19S6. The summed E-state index contributed by atoms with van der Waals surface area (Å²) in [5, 5.41) is 40.5. The van der Waals surface area contributed by atoms with Gasteiger partial charge in [0.15, 0.2) is 21.8 Å². The van der Waals surface area contributed by atoms with E-state index in [0.717, 1.165) is 30.3 Å². The first kappa shape index (κ1) is 50.8. The van der Waals surface area contributed by atoms with E-state index in [1.807, 2.05) is 0 Å². The van der Waals surface area contributed by atoms with Crippen LogP contribution in [-0.4, -0.2) is 112 Å². The van der Waals surface area contributed by atoms with Gasteiger partial charge in [0.1, 0.15) is 43.3 Å². The summed E-state index contributed by atoms with van der Waals surface area (Å²) in [6.45, 7) is -1.13. The molecule has 30 nitrogen and oxygen atoms in total. The molecule has 5 rings (SSSR count). The number of phenolic OH excluding ortho intramolecular Hbond substituents is 1. The van der Waals surface area contributed by atoms with Gasteiger partial charge in [-0.15, -0.1) is 20.5 Å². The van der Waals surface area contributed by atoms with Crippen LogP contribution in [0.1, 0.15) is 0 Å². The number of rotatable bonds is 18. The average molecular weight is 1060 g/mol. The van der Waals surface area contributed by atoms with Crippen LogP contribution in [0.15, 0.2) is 94.6 Å². The van der Waals surface area contributed by atoms with Gasteiger partial charge in [0.2, 0.25) is 17.2 Å². The molecule has 9 N–H and O–H groups in total. The summed E-state index contributed by atoms with van der Waals surface area (Å²) < 4.78 is 198. The quantitative estimate of drug-likeness (QED) is 0.0262. The number of sulfone groups is 1. The van der Waals surface area contributed by atoms with Crippen molar-refractivity contribution in [1.29, 1.82) is 5.26 Å². The Balaban J connectivity index is 1.70. The summed E-state index contributed by atoms with van der Waals surface area (Å²) in [6, 6.07) is 6.91. The van der Waals surface area contributed by atoms with Gasteiger partial charge in [-0.3, -0.25) is 28.1 Å². The largest absolute Gasteiger partial charge is 0.505 e. The fraction of sp³-hybridized carbons (Fsp3) is 0.103. The molecule has 0 radical (unpaired) electrons. The molecule has 0 bridgehead atoms. The Hall–Kier alpha value is -6.21. The third kappa shape index (κ3) is 13.0. The molecule has 0 spiro atoms. The van der Waals surface area contributed by atoms with Crippen molar-refractivity contribution >= 4 is 129 Å². The van der Waals surface area contributed by atoms with Crippen LogP contribution in [0.5, 0.6) is 5.75 Å². The summed E-state index contributed by atoms with van der Waals surface area (Å²) >= 11 is 5.86. The number of fused-ring (bicyclic) bond motifs is 1. The summed E-state index contributed by atoms with van der Waals surface area (Å²) in [5.74, 6) is -4.25. The van der Waals surface area contributed by atoms with E-state index in [0.29, 0.717) is 24.3 Å². The number of benzene rings is 4. The first-order valence-electron chi connectivity index (χ1n) is 16.6. The zero-order valence-corrected chi connectivity index (χ0v) is 37.4. The third-order valence-electron chi connectivity index (χ3n) is 7.87. The smallest absolute Gasteiger partial charge is 0.397 e. The van der Waals surface area contributed by atoms with Gasteiger partial charge in [-0.05, 0) is 66.2 Å². The summed E-state index contributed by atoms with van der Waals surface area (Å²) in [4.78, 5) is 6.89. The van der Waals surface area contributed by atoms with Crippen molar-refractivity contribution in [3.05, 3.63) is 59.9 Å². The number of anilines is 4. The maximum Gasteiger partial charge on any atom is 0.397 e. The lowest BCUT2D eigenvalue weighted by Crippen LogP contribution is -2.16. The van der Waals surface area contributed by atoms with Crippen molar-refractivity contribution in [3.8, 4) is 11.9 Å². The van der Waals surface area contributed by atoms with Crippen molar-refractivity contribution < 1.29 is 82.6 Å². The van der Waals surface area contributed by atoms with E-state index in [1.54, 1.807) is 6.19 Å². The highest BCUT2D eigenvalue weighted by atomic mass is 35.5. The molecule has 0 saturated heterocycles. The predicted molar refractivity (Wildman–Crippen MR) is 223 cm³/mol. The normalized spacial score (nSPS) is 13.0. The molecule has 37 heteroatoms. The minimum Gasteiger partial charge on any atom is -0.505 e. The maximum atomic E-state index is 12.8. The van der Waals surface area contributed by atoms with Crippen LogP contribution in [0.2, 0.25) is 5.28 Å². The van der Waals surface area contributed by atoms with E-state index in [9.17, 15) is 73.8 Å². The van der Waals surface area contributed by atoms with Gasteiger partial charge in [-0.2, -0.15) is 62.3 Å². The number of aromatic hydroxyl groups is 1. The lowest BCUT2D eigenvalue weighted by molar-refractivity contribution is 0.284. The molecule has 0 aliphatic rings. The summed E-state index contributed by atoms with van der Waals surface area (Å²) in [7, 11) is -30.7. The van der Waals surface area contributed by atoms with Gasteiger partial charge in [-0.1, -0.05) is 0 Å². The molecule has 0 saturated carbocycles.